The number of rotatable bonds is 3. The Labute approximate surface area is 122 Å². The second-order valence-electron chi connectivity index (χ2n) is 5.07. The topological polar surface area (TPSA) is 57.6 Å². The van der Waals surface area contributed by atoms with Crippen molar-refractivity contribution in [2.24, 2.45) is 0 Å². The molecule has 1 saturated heterocycles. The summed E-state index contributed by atoms with van der Waals surface area (Å²) >= 11 is 1.38. The van der Waals surface area contributed by atoms with Gasteiger partial charge in [0.2, 0.25) is 0 Å². The minimum Gasteiger partial charge on any atom is -0.478 e. The van der Waals surface area contributed by atoms with Gasteiger partial charge in [0.15, 0.2) is 0 Å². The Balaban J connectivity index is 2.20. The van der Waals surface area contributed by atoms with E-state index in [-0.39, 0.29) is 11.9 Å². The molecule has 1 aliphatic rings. The van der Waals surface area contributed by atoms with Gasteiger partial charge in [-0.3, -0.25) is 4.79 Å². The number of hydrogen-bond donors (Lipinski definition) is 1. The van der Waals surface area contributed by atoms with Crippen LogP contribution in [0.5, 0.6) is 0 Å². The molecular weight excluding hydrogens is 274 g/mol. The summed E-state index contributed by atoms with van der Waals surface area (Å²) in [5.74, 6) is -0.975. The van der Waals surface area contributed by atoms with Crippen molar-refractivity contribution in [2.75, 3.05) is 6.54 Å². The summed E-state index contributed by atoms with van der Waals surface area (Å²) < 4.78 is 0. The van der Waals surface area contributed by atoms with Crippen LogP contribution in [0.1, 0.15) is 47.8 Å². The van der Waals surface area contributed by atoms with Crippen molar-refractivity contribution in [3.8, 4) is 0 Å². The van der Waals surface area contributed by atoms with E-state index in [1.54, 1.807) is 6.07 Å². The van der Waals surface area contributed by atoms with Gasteiger partial charge in [-0.25, -0.2) is 4.79 Å². The Bertz CT molecular complexity index is 521. The normalized spacial score (nSPS) is 20.1. The number of carboxylic acids is 1. The molecule has 0 spiro atoms. The lowest BCUT2D eigenvalue weighted by Crippen LogP contribution is -2.38. The molecule has 1 N–H and O–H groups in total. The van der Waals surface area contributed by atoms with Crippen LogP contribution in [0.4, 0.5) is 0 Å². The van der Waals surface area contributed by atoms with Gasteiger partial charge in [0, 0.05) is 18.7 Å². The average Bonchev–Trinajstić information content (AvgIpc) is 2.77. The maximum Gasteiger partial charge on any atom is 0.328 e. The highest BCUT2D eigenvalue weighted by molar-refractivity contribution is 7.12. The van der Waals surface area contributed by atoms with Crippen molar-refractivity contribution in [2.45, 2.75) is 38.6 Å². The quantitative estimate of drug-likeness (QED) is 0.870. The van der Waals surface area contributed by atoms with E-state index in [9.17, 15) is 9.59 Å². The van der Waals surface area contributed by atoms with Crippen molar-refractivity contribution >= 4 is 29.3 Å². The van der Waals surface area contributed by atoms with E-state index in [1.165, 1.54) is 30.3 Å². The minimum absolute atomic E-state index is 0.0273. The van der Waals surface area contributed by atoms with E-state index in [0.29, 0.717) is 10.4 Å². The maximum absolute atomic E-state index is 12.6. The molecule has 1 atom stereocenters. The predicted molar refractivity (Wildman–Crippen MR) is 80.0 cm³/mol. The Morgan fingerprint density at radius 1 is 1.40 bits per heavy atom. The molecule has 0 saturated carbocycles. The molecule has 1 unspecified atom stereocenters. The van der Waals surface area contributed by atoms with Crippen molar-refractivity contribution in [1.82, 2.24) is 4.90 Å². The fraction of sp³-hybridized carbons (Fsp3) is 0.467. The number of carbonyl (C=O) groups excluding carboxylic acids is 1. The van der Waals surface area contributed by atoms with E-state index >= 15 is 0 Å². The lowest BCUT2D eigenvalue weighted by atomic mass is 10.1. The van der Waals surface area contributed by atoms with Crippen LogP contribution in [0.2, 0.25) is 0 Å². The predicted octanol–water partition coefficient (Wildman–Crippen LogP) is 3.25. The molecule has 4 nitrogen and oxygen atoms in total. The number of thiophene rings is 1. The van der Waals surface area contributed by atoms with Crippen LogP contribution in [-0.2, 0) is 4.79 Å². The molecule has 1 aromatic heterocycles. The zero-order chi connectivity index (χ0) is 14.5. The van der Waals surface area contributed by atoms with Crippen molar-refractivity contribution in [3.05, 3.63) is 28.0 Å². The number of nitrogens with zero attached hydrogens (tertiary/aromatic N) is 1. The average molecular weight is 293 g/mol. The number of likely N-dealkylation sites (tertiary alicyclic amines) is 1. The number of carbonyl (C=O) groups is 2. The Morgan fingerprint density at radius 2 is 2.20 bits per heavy atom. The molecule has 0 bridgehead atoms. The second-order valence-corrected chi connectivity index (χ2v) is 5.99. The third-order valence-electron chi connectivity index (χ3n) is 3.61. The number of carboxylic acid groups (broad SMARTS) is 1. The van der Waals surface area contributed by atoms with Crippen molar-refractivity contribution in [3.63, 3.8) is 0 Å². The molecular formula is C15H19NO3S. The van der Waals surface area contributed by atoms with Gasteiger partial charge in [-0.15, -0.1) is 11.3 Å². The molecule has 5 heteroatoms. The van der Waals surface area contributed by atoms with Crippen LogP contribution in [0.25, 0.3) is 6.08 Å². The first-order chi connectivity index (χ1) is 9.59. The first-order valence-electron chi connectivity index (χ1n) is 6.89. The van der Waals surface area contributed by atoms with E-state index in [2.05, 4.69) is 6.92 Å². The summed E-state index contributed by atoms with van der Waals surface area (Å²) in [5.41, 5.74) is 0.693. The molecule has 1 fully saturated rings. The zero-order valence-electron chi connectivity index (χ0n) is 11.5. The smallest absolute Gasteiger partial charge is 0.328 e. The molecule has 2 heterocycles. The summed E-state index contributed by atoms with van der Waals surface area (Å²) in [6.45, 7) is 2.88. The van der Waals surface area contributed by atoms with Crippen LogP contribution in [0.15, 0.2) is 17.5 Å². The van der Waals surface area contributed by atoms with Gasteiger partial charge in [-0.2, -0.15) is 0 Å². The highest BCUT2D eigenvalue weighted by Gasteiger charge is 2.25. The van der Waals surface area contributed by atoms with Crippen LogP contribution in [0, 0.1) is 0 Å². The van der Waals surface area contributed by atoms with Gasteiger partial charge >= 0.3 is 5.97 Å². The lowest BCUT2D eigenvalue weighted by Gasteiger charge is -2.27. The summed E-state index contributed by atoms with van der Waals surface area (Å²) in [5, 5.41) is 10.5. The minimum atomic E-state index is -1.00. The Hall–Kier alpha value is -1.62. The van der Waals surface area contributed by atoms with E-state index < -0.39 is 5.97 Å². The fourth-order valence-electron chi connectivity index (χ4n) is 2.49. The van der Waals surface area contributed by atoms with E-state index in [4.69, 9.17) is 5.11 Å². The zero-order valence-corrected chi connectivity index (χ0v) is 12.4. The largest absolute Gasteiger partial charge is 0.478 e. The molecule has 0 aliphatic carbocycles. The van der Waals surface area contributed by atoms with Gasteiger partial charge in [-0.05, 0) is 42.9 Å². The van der Waals surface area contributed by atoms with Crippen LogP contribution in [-0.4, -0.2) is 34.5 Å². The van der Waals surface area contributed by atoms with E-state index in [1.807, 2.05) is 10.3 Å². The van der Waals surface area contributed by atoms with Gasteiger partial charge in [0.25, 0.3) is 5.91 Å². The molecule has 1 aromatic rings. The highest BCUT2D eigenvalue weighted by atomic mass is 32.1. The van der Waals surface area contributed by atoms with Crippen LogP contribution >= 0.6 is 11.3 Å². The third-order valence-corrected chi connectivity index (χ3v) is 4.53. The summed E-state index contributed by atoms with van der Waals surface area (Å²) in [7, 11) is 0. The fourth-order valence-corrected chi connectivity index (χ4v) is 3.33. The standard InChI is InChI=1S/C15H19NO3S/c1-11-5-3-2-4-9-16(11)15(19)14-12(8-10-20-14)6-7-13(17)18/h6-8,10-11H,2-5,9H2,1H3,(H,17,18). The molecule has 2 rings (SSSR count). The van der Waals surface area contributed by atoms with Gasteiger partial charge < -0.3 is 10.0 Å². The Morgan fingerprint density at radius 3 is 2.95 bits per heavy atom. The summed E-state index contributed by atoms with van der Waals surface area (Å²) in [6.07, 6.45) is 6.99. The van der Waals surface area contributed by atoms with Crippen LogP contribution < -0.4 is 0 Å². The maximum atomic E-state index is 12.6. The van der Waals surface area contributed by atoms with Gasteiger partial charge in [0.1, 0.15) is 0 Å². The molecule has 108 valence electrons. The summed E-state index contributed by atoms with van der Waals surface area (Å²) in [6, 6.07) is 2.04. The SMILES string of the molecule is CC1CCCCCN1C(=O)c1sccc1C=CC(=O)O. The second kappa shape index (κ2) is 6.70. The highest BCUT2D eigenvalue weighted by Crippen LogP contribution is 2.24. The Kier molecular flexibility index (Phi) is 4.95. The molecule has 0 radical (unpaired) electrons. The number of amides is 1. The lowest BCUT2D eigenvalue weighted by molar-refractivity contribution is -0.131. The van der Waals surface area contributed by atoms with Gasteiger partial charge in [-0.1, -0.05) is 12.8 Å². The first kappa shape index (κ1) is 14.8. The number of aliphatic carboxylic acids is 1. The van der Waals surface area contributed by atoms with Gasteiger partial charge in [0.05, 0.1) is 4.88 Å². The monoisotopic (exact) mass is 293 g/mol. The molecule has 20 heavy (non-hydrogen) atoms. The van der Waals surface area contributed by atoms with Crippen molar-refractivity contribution < 1.29 is 14.7 Å². The number of hydrogen-bond acceptors (Lipinski definition) is 3. The molecule has 0 aromatic carbocycles. The van der Waals surface area contributed by atoms with Crippen molar-refractivity contribution in [1.29, 1.82) is 0 Å². The third kappa shape index (κ3) is 3.48. The molecule has 1 aliphatic heterocycles. The van der Waals surface area contributed by atoms with Crippen LogP contribution in [0.3, 0.4) is 0 Å². The molecule has 1 amide bonds. The van der Waals surface area contributed by atoms with E-state index in [0.717, 1.165) is 25.5 Å². The summed E-state index contributed by atoms with van der Waals surface area (Å²) in [4.78, 5) is 25.8. The first-order valence-corrected chi connectivity index (χ1v) is 7.77.